The second-order valence-corrected chi connectivity index (χ2v) is 8.74. The summed E-state index contributed by atoms with van der Waals surface area (Å²) in [6.45, 7) is 2.66. The van der Waals surface area contributed by atoms with Crippen LogP contribution in [0, 0.1) is 6.92 Å². The molecule has 7 heteroatoms. The number of halogens is 1. The largest absolute Gasteiger partial charge is 0.454 e. The summed E-state index contributed by atoms with van der Waals surface area (Å²) in [4.78, 5) is 15.4. The monoisotopic (exact) mass is 457 g/mol. The van der Waals surface area contributed by atoms with Crippen LogP contribution >= 0.6 is 11.6 Å². The van der Waals surface area contributed by atoms with E-state index in [-0.39, 0.29) is 18.7 Å². The fourth-order valence-electron chi connectivity index (χ4n) is 4.55. The number of aromatic nitrogens is 2. The van der Waals surface area contributed by atoms with Gasteiger partial charge in [-0.15, -0.1) is 0 Å². The van der Waals surface area contributed by atoms with Crippen LogP contribution in [0.15, 0.2) is 66.7 Å². The van der Waals surface area contributed by atoms with E-state index in [0.29, 0.717) is 28.8 Å². The van der Waals surface area contributed by atoms with Crippen molar-refractivity contribution in [2.75, 3.05) is 6.79 Å². The van der Waals surface area contributed by atoms with Gasteiger partial charge >= 0.3 is 0 Å². The molecule has 0 spiro atoms. The summed E-state index contributed by atoms with van der Waals surface area (Å²) in [7, 11) is 0. The minimum absolute atomic E-state index is 0.0986. The van der Waals surface area contributed by atoms with Crippen LogP contribution in [0.3, 0.4) is 0 Å². The smallest absolute Gasteiger partial charge is 0.273 e. The highest BCUT2D eigenvalue weighted by Gasteiger charge is 2.42. The van der Waals surface area contributed by atoms with Gasteiger partial charge in [-0.1, -0.05) is 59.6 Å². The summed E-state index contributed by atoms with van der Waals surface area (Å²) in [6, 6.07) is 21.3. The highest BCUT2D eigenvalue weighted by Crippen LogP contribution is 2.44. The van der Waals surface area contributed by atoms with E-state index < -0.39 is 0 Å². The molecule has 4 aromatic rings. The molecule has 0 fully saturated rings. The second-order valence-electron chi connectivity index (χ2n) is 8.31. The van der Waals surface area contributed by atoms with Gasteiger partial charge in [0, 0.05) is 22.7 Å². The lowest BCUT2D eigenvalue weighted by molar-refractivity contribution is 0.0730. The van der Waals surface area contributed by atoms with Crippen molar-refractivity contribution in [2.45, 2.75) is 19.5 Å². The molecule has 1 N–H and O–H groups in total. The van der Waals surface area contributed by atoms with Crippen molar-refractivity contribution in [1.82, 2.24) is 15.1 Å². The van der Waals surface area contributed by atoms with Crippen LogP contribution in [-0.4, -0.2) is 27.8 Å². The minimum atomic E-state index is -0.327. The molecule has 0 aliphatic carbocycles. The number of fused-ring (bicyclic) bond motifs is 2. The number of carbonyl (C=O) groups excluding carboxylic acids is 1. The number of ether oxygens (including phenoxy) is 2. The molecule has 164 valence electrons. The normalized spacial score (nSPS) is 16.4. The Kier molecular flexibility index (Phi) is 4.62. The summed E-state index contributed by atoms with van der Waals surface area (Å²) in [6.07, 6.45) is 0. The summed E-state index contributed by atoms with van der Waals surface area (Å²) >= 11 is 6.35. The first-order chi connectivity index (χ1) is 16.1. The number of hydrogen-bond acceptors (Lipinski definition) is 4. The molecule has 1 atom stereocenters. The Balaban J connectivity index is 1.46. The van der Waals surface area contributed by atoms with Gasteiger partial charge in [0.1, 0.15) is 5.69 Å². The Bertz CT molecular complexity index is 1380. The number of benzene rings is 3. The molecule has 33 heavy (non-hydrogen) atoms. The Hall–Kier alpha value is -3.77. The van der Waals surface area contributed by atoms with Crippen molar-refractivity contribution < 1.29 is 14.3 Å². The van der Waals surface area contributed by atoms with Crippen LogP contribution in [0.1, 0.15) is 38.8 Å². The van der Waals surface area contributed by atoms with Crippen LogP contribution in [-0.2, 0) is 6.54 Å². The number of carbonyl (C=O) groups is 1. The quantitative estimate of drug-likeness (QED) is 0.438. The van der Waals surface area contributed by atoms with E-state index in [1.165, 1.54) is 0 Å². The second kappa shape index (κ2) is 7.67. The molecular formula is C26H20ClN3O3. The zero-order valence-corrected chi connectivity index (χ0v) is 18.6. The van der Waals surface area contributed by atoms with E-state index in [1.807, 2.05) is 78.6 Å². The van der Waals surface area contributed by atoms with Gasteiger partial charge in [0.15, 0.2) is 11.5 Å². The minimum Gasteiger partial charge on any atom is -0.454 e. The number of H-pyrrole nitrogens is 1. The molecule has 2 aliphatic heterocycles. The highest BCUT2D eigenvalue weighted by atomic mass is 35.5. The van der Waals surface area contributed by atoms with Gasteiger partial charge in [-0.2, -0.15) is 5.10 Å². The Morgan fingerprint density at radius 3 is 2.70 bits per heavy atom. The fourth-order valence-corrected chi connectivity index (χ4v) is 4.75. The fraction of sp³-hybridized carbons (Fsp3) is 0.154. The first kappa shape index (κ1) is 19.9. The third-order valence-corrected chi connectivity index (χ3v) is 6.38. The number of aryl methyl sites for hydroxylation is 1. The first-order valence-corrected chi connectivity index (χ1v) is 11.1. The van der Waals surface area contributed by atoms with Crippen molar-refractivity contribution in [3.63, 3.8) is 0 Å². The Morgan fingerprint density at radius 1 is 1.06 bits per heavy atom. The van der Waals surface area contributed by atoms with E-state index in [9.17, 15) is 4.79 Å². The SMILES string of the molecule is Cc1ccc(-c2n[nH]c3c2C(c2cccc(Cl)c2)N(Cc2ccc4c(c2)OCO4)C3=O)cc1. The molecule has 3 heterocycles. The van der Waals surface area contributed by atoms with Crippen LogP contribution in [0.2, 0.25) is 5.02 Å². The number of rotatable bonds is 4. The average molecular weight is 458 g/mol. The van der Waals surface area contributed by atoms with Gasteiger partial charge in [0.25, 0.3) is 5.91 Å². The van der Waals surface area contributed by atoms with Crippen molar-refractivity contribution in [2.24, 2.45) is 0 Å². The van der Waals surface area contributed by atoms with E-state index >= 15 is 0 Å². The molecule has 6 rings (SSSR count). The lowest BCUT2D eigenvalue weighted by atomic mass is 9.95. The number of aromatic amines is 1. The zero-order chi connectivity index (χ0) is 22.5. The molecular weight excluding hydrogens is 438 g/mol. The third kappa shape index (κ3) is 3.34. The van der Waals surface area contributed by atoms with Crippen molar-refractivity contribution in [1.29, 1.82) is 0 Å². The maximum Gasteiger partial charge on any atom is 0.273 e. The molecule has 0 bridgehead atoms. The number of nitrogens with zero attached hydrogens (tertiary/aromatic N) is 2. The zero-order valence-electron chi connectivity index (χ0n) is 17.8. The molecule has 1 unspecified atom stereocenters. The first-order valence-electron chi connectivity index (χ1n) is 10.7. The van der Waals surface area contributed by atoms with Gasteiger partial charge < -0.3 is 14.4 Å². The lowest BCUT2D eigenvalue weighted by Crippen LogP contribution is -2.29. The summed E-state index contributed by atoms with van der Waals surface area (Å²) in [5.74, 6) is 1.31. The maximum absolute atomic E-state index is 13.6. The Morgan fingerprint density at radius 2 is 1.88 bits per heavy atom. The molecule has 6 nitrogen and oxygen atoms in total. The topological polar surface area (TPSA) is 67.5 Å². The van der Waals surface area contributed by atoms with Crippen LogP contribution < -0.4 is 9.47 Å². The molecule has 1 aromatic heterocycles. The number of hydrogen-bond donors (Lipinski definition) is 1. The van der Waals surface area contributed by atoms with Gasteiger partial charge in [0.2, 0.25) is 6.79 Å². The standard InChI is InChI=1S/C26H20ClN3O3/c1-15-5-8-17(9-6-15)23-22-24(29-28-23)26(31)30(25(22)18-3-2-4-19(27)12-18)13-16-7-10-20-21(11-16)33-14-32-20/h2-12,25H,13-14H2,1H3,(H,28,29). The van der Waals surface area contributed by atoms with Gasteiger partial charge in [-0.05, 0) is 42.3 Å². The van der Waals surface area contributed by atoms with E-state index in [0.717, 1.165) is 33.5 Å². The van der Waals surface area contributed by atoms with Gasteiger partial charge in [0.05, 0.1) is 11.7 Å². The summed E-state index contributed by atoms with van der Waals surface area (Å²) in [5.41, 5.74) is 6.17. The van der Waals surface area contributed by atoms with Crippen molar-refractivity contribution in [3.05, 3.63) is 99.7 Å². The molecule has 2 aliphatic rings. The Labute approximate surface area is 195 Å². The van der Waals surface area contributed by atoms with Crippen molar-refractivity contribution in [3.8, 4) is 22.8 Å². The van der Waals surface area contributed by atoms with E-state index in [4.69, 9.17) is 21.1 Å². The predicted octanol–water partition coefficient (Wildman–Crippen LogP) is 5.51. The van der Waals surface area contributed by atoms with Gasteiger partial charge in [-0.3, -0.25) is 9.89 Å². The van der Waals surface area contributed by atoms with Gasteiger partial charge in [-0.25, -0.2) is 0 Å². The third-order valence-electron chi connectivity index (χ3n) is 6.14. The van der Waals surface area contributed by atoms with E-state index in [2.05, 4.69) is 10.2 Å². The highest BCUT2D eigenvalue weighted by molar-refractivity contribution is 6.30. The van der Waals surface area contributed by atoms with Crippen LogP contribution in [0.4, 0.5) is 0 Å². The molecule has 0 saturated carbocycles. The van der Waals surface area contributed by atoms with Crippen LogP contribution in [0.25, 0.3) is 11.3 Å². The number of amides is 1. The predicted molar refractivity (Wildman–Crippen MR) is 124 cm³/mol. The van der Waals surface area contributed by atoms with Crippen LogP contribution in [0.5, 0.6) is 11.5 Å². The molecule has 3 aromatic carbocycles. The molecule has 0 saturated heterocycles. The summed E-state index contributed by atoms with van der Waals surface area (Å²) in [5, 5.41) is 8.16. The average Bonchev–Trinajstić information content (AvgIpc) is 3.51. The lowest BCUT2D eigenvalue weighted by Gasteiger charge is -2.26. The molecule has 1 amide bonds. The number of nitrogens with one attached hydrogen (secondary N) is 1. The summed E-state index contributed by atoms with van der Waals surface area (Å²) < 4.78 is 11.0. The molecule has 0 radical (unpaired) electrons. The van der Waals surface area contributed by atoms with Crippen molar-refractivity contribution >= 4 is 17.5 Å². The maximum atomic E-state index is 13.6. The van der Waals surface area contributed by atoms with E-state index in [1.54, 1.807) is 0 Å².